The molecule has 84 valence electrons. The van der Waals surface area contributed by atoms with E-state index in [1.807, 2.05) is 35.0 Å². The zero-order chi connectivity index (χ0) is 11.5. The molecule has 2 aromatic rings. The van der Waals surface area contributed by atoms with Gasteiger partial charge in [0.05, 0.1) is 11.1 Å². The molecule has 1 aromatic carbocycles. The van der Waals surface area contributed by atoms with E-state index in [2.05, 4.69) is 4.98 Å². The van der Waals surface area contributed by atoms with Crippen LogP contribution in [0.25, 0.3) is 11.4 Å². The number of aromatic nitrogens is 2. The molecule has 4 heteroatoms. The summed E-state index contributed by atoms with van der Waals surface area (Å²) in [6.07, 6.45) is 3.14. The van der Waals surface area contributed by atoms with Crippen molar-refractivity contribution in [2.45, 2.75) is 19.6 Å². The van der Waals surface area contributed by atoms with Gasteiger partial charge in [-0.15, -0.1) is 0 Å². The molecule has 0 spiro atoms. The highest BCUT2D eigenvalue weighted by molar-refractivity contribution is 6.33. The third-order valence-corrected chi connectivity index (χ3v) is 2.62. The Morgan fingerprint density at radius 2 is 2.19 bits per heavy atom. The Labute approximate surface area is 99.3 Å². The van der Waals surface area contributed by atoms with E-state index in [4.69, 9.17) is 11.6 Å². The number of aliphatic hydroxyl groups is 1. The number of rotatable bonds is 3. The molecule has 1 aromatic heterocycles. The van der Waals surface area contributed by atoms with Crippen LogP contribution in [0, 0.1) is 0 Å². The number of benzene rings is 1. The Hall–Kier alpha value is -1.32. The van der Waals surface area contributed by atoms with Gasteiger partial charge in [-0.2, -0.15) is 0 Å². The molecule has 0 aliphatic rings. The van der Waals surface area contributed by atoms with Crippen molar-refractivity contribution in [1.29, 1.82) is 0 Å². The molecule has 0 saturated heterocycles. The van der Waals surface area contributed by atoms with E-state index >= 15 is 0 Å². The zero-order valence-corrected chi connectivity index (χ0v) is 9.72. The summed E-state index contributed by atoms with van der Waals surface area (Å²) >= 11 is 6.11. The molecule has 0 radical (unpaired) electrons. The van der Waals surface area contributed by atoms with Crippen molar-refractivity contribution in [1.82, 2.24) is 9.55 Å². The van der Waals surface area contributed by atoms with Gasteiger partial charge in [-0.05, 0) is 19.1 Å². The summed E-state index contributed by atoms with van der Waals surface area (Å²) < 4.78 is 1.89. The molecule has 3 nitrogen and oxygen atoms in total. The van der Waals surface area contributed by atoms with Gasteiger partial charge < -0.3 is 9.67 Å². The van der Waals surface area contributed by atoms with Gasteiger partial charge in [0.1, 0.15) is 5.82 Å². The van der Waals surface area contributed by atoms with Gasteiger partial charge in [-0.3, -0.25) is 0 Å². The Morgan fingerprint density at radius 3 is 2.88 bits per heavy atom. The van der Waals surface area contributed by atoms with E-state index in [1.165, 1.54) is 0 Å². The largest absolute Gasteiger partial charge is 0.392 e. The fourth-order valence-electron chi connectivity index (χ4n) is 1.63. The standard InChI is InChI=1S/C12H13ClN2O/c1-9(16)8-15-7-6-14-12(15)10-4-2-3-5-11(10)13/h2-7,9,16H,8H2,1H3. The van der Waals surface area contributed by atoms with Gasteiger partial charge in [0.2, 0.25) is 0 Å². The minimum absolute atomic E-state index is 0.407. The van der Waals surface area contributed by atoms with Crippen LogP contribution >= 0.6 is 11.6 Å². The summed E-state index contributed by atoms with van der Waals surface area (Å²) in [5, 5.41) is 10.1. The lowest BCUT2D eigenvalue weighted by molar-refractivity contribution is 0.174. The predicted molar refractivity (Wildman–Crippen MR) is 64.4 cm³/mol. The topological polar surface area (TPSA) is 38.0 Å². The molecule has 0 amide bonds. The zero-order valence-electron chi connectivity index (χ0n) is 8.97. The van der Waals surface area contributed by atoms with Crippen molar-refractivity contribution in [2.75, 3.05) is 0 Å². The van der Waals surface area contributed by atoms with Crippen molar-refractivity contribution in [3.05, 3.63) is 41.7 Å². The Balaban J connectivity index is 2.41. The molecule has 0 aliphatic carbocycles. The highest BCUT2D eigenvalue weighted by Gasteiger charge is 2.10. The van der Waals surface area contributed by atoms with Crippen LogP contribution < -0.4 is 0 Å². The van der Waals surface area contributed by atoms with Gasteiger partial charge in [0.15, 0.2) is 0 Å². The summed E-state index contributed by atoms with van der Waals surface area (Å²) in [5.41, 5.74) is 0.884. The monoisotopic (exact) mass is 236 g/mol. The van der Waals surface area contributed by atoms with E-state index < -0.39 is 6.10 Å². The van der Waals surface area contributed by atoms with Crippen molar-refractivity contribution < 1.29 is 5.11 Å². The third kappa shape index (κ3) is 2.26. The van der Waals surface area contributed by atoms with Gasteiger partial charge in [0.25, 0.3) is 0 Å². The summed E-state index contributed by atoms with van der Waals surface area (Å²) in [4.78, 5) is 4.27. The van der Waals surface area contributed by atoms with Crippen molar-refractivity contribution >= 4 is 11.6 Å². The molecular formula is C12H13ClN2O. The molecule has 0 saturated carbocycles. The van der Waals surface area contributed by atoms with E-state index in [-0.39, 0.29) is 0 Å². The SMILES string of the molecule is CC(O)Cn1ccnc1-c1ccccc1Cl. The van der Waals surface area contributed by atoms with Crippen molar-refractivity contribution in [2.24, 2.45) is 0 Å². The second-order valence-corrected chi connectivity index (χ2v) is 4.14. The van der Waals surface area contributed by atoms with Gasteiger partial charge in [-0.1, -0.05) is 23.7 Å². The lowest BCUT2D eigenvalue weighted by Gasteiger charge is -2.10. The Bertz CT molecular complexity index is 479. The minimum atomic E-state index is -0.407. The molecule has 0 fully saturated rings. The van der Waals surface area contributed by atoms with E-state index in [0.717, 1.165) is 11.4 Å². The van der Waals surface area contributed by atoms with Gasteiger partial charge in [-0.25, -0.2) is 4.98 Å². The maximum absolute atomic E-state index is 9.38. The number of hydrogen-bond acceptors (Lipinski definition) is 2. The molecule has 2 rings (SSSR count). The van der Waals surface area contributed by atoms with E-state index in [9.17, 15) is 5.11 Å². The molecule has 1 N–H and O–H groups in total. The number of halogens is 1. The quantitative estimate of drug-likeness (QED) is 0.890. The van der Waals surface area contributed by atoms with E-state index in [0.29, 0.717) is 11.6 Å². The van der Waals surface area contributed by atoms with Crippen LogP contribution in [0.2, 0.25) is 5.02 Å². The second-order valence-electron chi connectivity index (χ2n) is 3.73. The number of nitrogens with zero attached hydrogens (tertiary/aromatic N) is 2. The smallest absolute Gasteiger partial charge is 0.141 e. The van der Waals surface area contributed by atoms with Crippen LogP contribution in [0.1, 0.15) is 6.92 Å². The highest BCUT2D eigenvalue weighted by atomic mass is 35.5. The average Bonchev–Trinajstić information content (AvgIpc) is 2.66. The highest BCUT2D eigenvalue weighted by Crippen LogP contribution is 2.26. The molecule has 16 heavy (non-hydrogen) atoms. The van der Waals surface area contributed by atoms with Crippen LogP contribution in [0.5, 0.6) is 0 Å². The van der Waals surface area contributed by atoms with Crippen molar-refractivity contribution in [3.63, 3.8) is 0 Å². The van der Waals surface area contributed by atoms with Gasteiger partial charge in [0, 0.05) is 24.5 Å². The fourth-order valence-corrected chi connectivity index (χ4v) is 1.85. The predicted octanol–water partition coefficient (Wildman–Crippen LogP) is 2.58. The molecule has 1 atom stereocenters. The molecule has 1 heterocycles. The van der Waals surface area contributed by atoms with Crippen LogP contribution in [-0.2, 0) is 6.54 Å². The lowest BCUT2D eigenvalue weighted by atomic mass is 10.2. The van der Waals surface area contributed by atoms with Crippen LogP contribution in [0.15, 0.2) is 36.7 Å². The van der Waals surface area contributed by atoms with Crippen LogP contribution in [-0.4, -0.2) is 20.8 Å². The average molecular weight is 237 g/mol. The van der Waals surface area contributed by atoms with Crippen molar-refractivity contribution in [3.8, 4) is 11.4 Å². The first-order valence-electron chi connectivity index (χ1n) is 5.12. The Kier molecular flexibility index (Phi) is 3.27. The molecule has 0 aliphatic heterocycles. The fraction of sp³-hybridized carbons (Fsp3) is 0.250. The summed E-state index contributed by atoms with van der Waals surface area (Å²) in [5.74, 6) is 0.784. The summed E-state index contributed by atoms with van der Waals surface area (Å²) in [7, 11) is 0. The minimum Gasteiger partial charge on any atom is -0.392 e. The molecular weight excluding hydrogens is 224 g/mol. The summed E-state index contributed by atoms with van der Waals surface area (Å²) in [6.45, 7) is 2.26. The molecule has 1 unspecified atom stereocenters. The second kappa shape index (κ2) is 4.68. The normalized spacial score (nSPS) is 12.7. The first-order chi connectivity index (χ1) is 7.68. The van der Waals surface area contributed by atoms with Gasteiger partial charge >= 0.3 is 0 Å². The maximum Gasteiger partial charge on any atom is 0.141 e. The Morgan fingerprint density at radius 1 is 1.44 bits per heavy atom. The van der Waals surface area contributed by atoms with Crippen LogP contribution in [0.3, 0.4) is 0 Å². The first kappa shape index (κ1) is 11.2. The number of aliphatic hydroxyl groups excluding tert-OH is 1. The lowest BCUT2D eigenvalue weighted by Crippen LogP contribution is -2.12. The molecule has 0 bridgehead atoms. The van der Waals surface area contributed by atoms with Crippen LogP contribution in [0.4, 0.5) is 0 Å². The third-order valence-electron chi connectivity index (χ3n) is 2.29. The number of imidazole rings is 1. The number of hydrogen-bond donors (Lipinski definition) is 1. The first-order valence-corrected chi connectivity index (χ1v) is 5.50. The maximum atomic E-state index is 9.38. The van der Waals surface area contributed by atoms with E-state index in [1.54, 1.807) is 13.1 Å². The summed E-state index contributed by atoms with van der Waals surface area (Å²) in [6, 6.07) is 7.55.